The van der Waals surface area contributed by atoms with Gasteiger partial charge in [-0.3, -0.25) is 4.99 Å². The lowest BCUT2D eigenvalue weighted by atomic mass is 9.96. The van der Waals surface area contributed by atoms with Gasteiger partial charge in [-0.2, -0.15) is 0 Å². The van der Waals surface area contributed by atoms with E-state index in [4.69, 9.17) is 4.74 Å². The highest BCUT2D eigenvalue weighted by atomic mass is 16.5. The van der Waals surface area contributed by atoms with Crippen molar-refractivity contribution < 1.29 is 4.74 Å². The Hall–Kier alpha value is -1.55. The van der Waals surface area contributed by atoms with Crippen LogP contribution in [0.15, 0.2) is 29.3 Å². The SMILES string of the molecule is CN=C(NCC1C2Cc3ccccc3C12)N(C)CCC1CCOCC1. The standard InChI is InChI=1S/C21H31N3O/c1-22-21(24(2)10-7-15-8-11-25-12-9-15)23-14-19-18-13-16-5-3-4-6-17(16)20(18)19/h3-6,15,18-20H,7-14H2,1-2H3,(H,22,23). The van der Waals surface area contributed by atoms with E-state index in [1.54, 1.807) is 11.1 Å². The first kappa shape index (κ1) is 16.9. The summed E-state index contributed by atoms with van der Waals surface area (Å²) in [6.45, 7) is 4.00. The summed E-state index contributed by atoms with van der Waals surface area (Å²) in [6.07, 6.45) is 4.93. The number of hydrogen-bond acceptors (Lipinski definition) is 2. The molecule has 3 atom stereocenters. The molecule has 3 unspecified atom stereocenters. The number of aliphatic imine (C=N–C) groups is 1. The van der Waals surface area contributed by atoms with Crippen LogP contribution in [-0.2, 0) is 11.2 Å². The fourth-order valence-electron chi connectivity index (χ4n) is 4.87. The Morgan fingerprint density at radius 3 is 2.88 bits per heavy atom. The molecule has 1 N–H and O–H groups in total. The minimum absolute atomic E-state index is 0.786. The first-order valence-electron chi connectivity index (χ1n) is 9.85. The molecule has 1 aliphatic heterocycles. The highest BCUT2D eigenvalue weighted by Gasteiger charge is 2.54. The summed E-state index contributed by atoms with van der Waals surface area (Å²) in [5.41, 5.74) is 3.17. The van der Waals surface area contributed by atoms with Crippen LogP contribution in [0.4, 0.5) is 0 Å². The summed E-state index contributed by atoms with van der Waals surface area (Å²) >= 11 is 0. The second-order valence-electron chi connectivity index (χ2n) is 7.95. The molecule has 2 aliphatic carbocycles. The van der Waals surface area contributed by atoms with Gasteiger partial charge in [0.15, 0.2) is 5.96 Å². The highest BCUT2D eigenvalue weighted by molar-refractivity contribution is 5.79. The number of ether oxygens (including phenoxy) is 1. The van der Waals surface area contributed by atoms with Gasteiger partial charge in [-0.1, -0.05) is 24.3 Å². The van der Waals surface area contributed by atoms with Gasteiger partial charge >= 0.3 is 0 Å². The molecule has 1 aromatic carbocycles. The molecule has 0 radical (unpaired) electrons. The van der Waals surface area contributed by atoms with Gasteiger partial charge in [0.1, 0.15) is 0 Å². The minimum atomic E-state index is 0.786. The third-order valence-electron chi connectivity index (χ3n) is 6.48. The Morgan fingerprint density at radius 2 is 2.08 bits per heavy atom. The first-order chi connectivity index (χ1) is 12.3. The molecule has 1 heterocycles. The van der Waals surface area contributed by atoms with Crippen LogP contribution in [0.25, 0.3) is 0 Å². The van der Waals surface area contributed by atoms with Crippen molar-refractivity contribution in [2.45, 2.75) is 31.6 Å². The zero-order valence-electron chi connectivity index (χ0n) is 15.6. The van der Waals surface area contributed by atoms with Crippen molar-refractivity contribution in [1.82, 2.24) is 10.2 Å². The third-order valence-corrected chi connectivity index (χ3v) is 6.48. The molecule has 4 rings (SSSR count). The van der Waals surface area contributed by atoms with Crippen molar-refractivity contribution in [3.63, 3.8) is 0 Å². The van der Waals surface area contributed by atoms with Gasteiger partial charge < -0.3 is 15.0 Å². The zero-order valence-corrected chi connectivity index (χ0v) is 15.6. The normalized spacial score (nSPS) is 28.4. The summed E-state index contributed by atoms with van der Waals surface area (Å²) in [5, 5.41) is 3.63. The van der Waals surface area contributed by atoms with E-state index in [1.165, 1.54) is 25.7 Å². The smallest absolute Gasteiger partial charge is 0.193 e. The van der Waals surface area contributed by atoms with Crippen molar-refractivity contribution in [3.05, 3.63) is 35.4 Å². The summed E-state index contributed by atoms with van der Waals surface area (Å²) < 4.78 is 5.46. The first-order valence-corrected chi connectivity index (χ1v) is 9.85. The minimum Gasteiger partial charge on any atom is -0.381 e. The molecular formula is C21H31N3O. The molecule has 1 saturated heterocycles. The van der Waals surface area contributed by atoms with Crippen LogP contribution in [0.1, 0.15) is 36.3 Å². The predicted molar refractivity (Wildman–Crippen MR) is 102 cm³/mol. The molecular weight excluding hydrogens is 310 g/mol. The quantitative estimate of drug-likeness (QED) is 0.661. The lowest BCUT2D eigenvalue weighted by Gasteiger charge is -2.27. The second-order valence-corrected chi connectivity index (χ2v) is 7.95. The van der Waals surface area contributed by atoms with Gasteiger partial charge in [-0.05, 0) is 60.5 Å². The molecule has 0 bridgehead atoms. The van der Waals surface area contributed by atoms with E-state index >= 15 is 0 Å². The molecule has 1 aromatic rings. The number of fused-ring (bicyclic) bond motifs is 3. The van der Waals surface area contributed by atoms with E-state index in [0.29, 0.717) is 0 Å². The number of rotatable bonds is 5. The number of benzene rings is 1. The monoisotopic (exact) mass is 341 g/mol. The van der Waals surface area contributed by atoms with Crippen molar-refractivity contribution in [2.75, 3.05) is 40.4 Å². The molecule has 4 nitrogen and oxygen atoms in total. The third kappa shape index (κ3) is 3.55. The Labute approximate surface area is 151 Å². The molecule has 4 heteroatoms. The van der Waals surface area contributed by atoms with Gasteiger partial charge in [-0.15, -0.1) is 0 Å². The lowest BCUT2D eigenvalue weighted by molar-refractivity contribution is 0.0625. The van der Waals surface area contributed by atoms with E-state index in [-0.39, 0.29) is 0 Å². The second kappa shape index (κ2) is 7.36. The van der Waals surface area contributed by atoms with E-state index < -0.39 is 0 Å². The summed E-state index contributed by atoms with van der Waals surface area (Å²) in [5.74, 6) is 4.29. The Morgan fingerprint density at radius 1 is 1.28 bits per heavy atom. The fourth-order valence-corrected chi connectivity index (χ4v) is 4.87. The maximum atomic E-state index is 5.46. The van der Waals surface area contributed by atoms with Crippen molar-refractivity contribution in [2.24, 2.45) is 22.7 Å². The number of nitrogens with zero attached hydrogens (tertiary/aromatic N) is 2. The molecule has 0 spiro atoms. The van der Waals surface area contributed by atoms with Gasteiger partial charge in [0, 0.05) is 40.4 Å². The van der Waals surface area contributed by atoms with Crippen LogP contribution < -0.4 is 5.32 Å². The van der Waals surface area contributed by atoms with Gasteiger partial charge in [0.05, 0.1) is 0 Å². The van der Waals surface area contributed by atoms with Crippen molar-refractivity contribution >= 4 is 5.96 Å². The van der Waals surface area contributed by atoms with Crippen LogP contribution in [0, 0.1) is 17.8 Å². The maximum absolute atomic E-state index is 5.46. The van der Waals surface area contributed by atoms with Crippen LogP contribution >= 0.6 is 0 Å². The molecule has 3 aliphatic rings. The largest absolute Gasteiger partial charge is 0.381 e. The van der Waals surface area contributed by atoms with Crippen LogP contribution in [0.5, 0.6) is 0 Å². The lowest BCUT2D eigenvalue weighted by Crippen LogP contribution is -2.41. The topological polar surface area (TPSA) is 36.9 Å². The number of hydrogen-bond donors (Lipinski definition) is 1. The Kier molecular flexibility index (Phi) is 4.98. The van der Waals surface area contributed by atoms with E-state index in [2.05, 4.69) is 46.5 Å². The average molecular weight is 341 g/mol. The molecule has 2 fully saturated rings. The fraction of sp³-hybridized carbons (Fsp3) is 0.667. The highest BCUT2D eigenvalue weighted by Crippen LogP contribution is 2.60. The van der Waals surface area contributed by atoms with Gasteiger partial charge in [0.25, 0.3) is 0 Å². The molecule has 0 aromatic heterocycles. The summed E-state index contributed by atoms with van der Waals surface area (Å²) in [4.78, 5) is 6.79. The predicted octanol–water partition coefficient (Wildman–Crippen LogP) is 2.90. The Balaban J connectivity index is 1.23. The van der Waals surface area contributed by atoms with E-state index in [0.717, 1.165) is 55.9 Å². The van der Waals surface area contributed by atoms with Gasteiger partial charge in [0.2, 0.25) is 0 Å². The molecule has 1 saturated carbocycles. The zero-order chi connectivity index (χ0) is 17.2. The number of guanidine groups is 1. The molecule has 25 heavy (non-hydrogen) atoms. The molecule has 0 amide bonds. The molecule has 136 valence electrons. The van der Waals surface area contributed by atoms with E-state index in [9.17, 15) is 0 Å². The number of nitrogens with one attached hydrogen (secondary N) is 1. The van der Waals surface area contributed by atoms with Gasteiger partial charge in [-0.25, -0.2) is 0 Å². The van der Waals surface area contributed by atoms with Crippen LogP contribution in [0.3, 0.4) is 0 Å². The average Bonchev–Trinajstić information content (AvgIpc) is 3.19. The van der Waals surface area contributed by atoms with Crippen LogP contribution in [0.2, 0.25) is 0 Å². The Bertz CT molecular complexity index is 623. The van der Waals surface area contributed by atoms with Crippen LogP contribution in [-0.4, -0.2) is 51.3 Å². The summed E-state index contributed by atoms with van der Waals surface area (Å²) in [7, 11) is 4.06. The summed E-state index contributed by atoms with van der Waals surface area (Å²) in [6, 6.07) is 8.99. The van der Waals surface area contributed by atoms with Crippen molar-refractivity contribution in [3.8, 4) is 0 Å². The maximum Gasteiger partial charge on any atom is 0.193 e. The van der Waals surface area contributed by atoms with Crippen molar-refractivity contribution in [1.29, 1.82) is 0 Å². The van der Waals surface area contributed by atoms with E-state index in [1.807, 2.05) is 7.05 Å².